The summed E-state index contributed by atoms with van der Waals surface area (Å²) in [6.07, 6.45) is 4.23. The normalized spacial score (nSPS) is 14.7. The topological polar surface area (TPSA) is 27.6 Å². The quantitative estimate of drug-likeness (QED) is 0.609. The number of nitrogens with zero attached hydrogens (tertiary/aromatic N) is 2. The first-order chi connectivity index (χ1) is 7.66. The van der Waals surface area contributed by atoms with Gasteiger partial charge in [0.2, 0.25) is 0 Å². The molecule has 0 atom stereocenters. The van der Waals surface area contributed by atoms with Crippen molar-refractivity contribution >= 4 is 17.7 Å². The Bertz CT molecular complexity index is 408. The van der Waals surface area contributed by atoms with Gasteiger partial charge in [-0.25, -0.2) is 4.99 Å². The second-order valence-electron chi connectivity index (χ2n) is 4.53. The molecule has 0 aliphatic carbocycles. The molecule has 1 heterocycles. The van der Waals surface area contributed by atoms with Crippen LogP contribution in [0.25, 0.3) is 0 Å². The third-order valence-corrected chi connectivity index (χ3v) is 2.79. The molecular formula is C13H19N3. The summed E-state index contributed by atoms with van der Waals surface area (Å²) in [7, 11) is 3.97. The molecule has 1 aromatic carbocycles. The lowest BCUT2D eigenvalue weighted by atomic mass is 10.0. The summed E-state index contributed by atoms with van der Waals surface area (Å²) in [5.41, 5.74) is 4.98. The van der Waals surface area contributed by atoms with E-state index in [1.807, 2.05) is 25.3 Å². The largest absolute Gasteiger partial charge is 0.385 e. The average molecular weight is 217 g/mol. The molecule has 0 bridgehead atoms. The lowest BCUT2D eigenvalue weighted by molar-refractivity contribution is 0.643. The van der Waals surface area contributed by atoms with Crippen molar-refractivity contribution in [3.63, 3.8) is 0 Å². The van der Waals surface area contributed by atoms with Crippen LogP contribution in [0.2, 0.25) is 0 Å². The first kappa shape index (κ1) is 11.0. The van der Waals surface area contributed by atoms with E-state index in [9.17, 15) is 0 Å². The van der Waals surface area contributed by atoms with Crippen LogP contribution in [0.5, 0.6) is 0 Å². The molecule has 3 nitrogen and oxygen atoms in total. The highest BCUT2D eigenvalue weighted by Crippen LogP contribution is 2.29. The van der Waals surface area contributed by atoms with E-state index in [-0.39, 0.29) is 0 Å². The maximum atomic E-state index is 4.49. The molecule has 0 unspecified atom stereocenters. The molecule has 0 saturated carbocycles. The summed E-state index contributed by atoms with van der Waals surface area (Å²) >= 11 is 0. The summed E-state index contributed by atoms with van der Waals surface area (Å²) in [4.78, 5) is 6.44. The number of hydrogen-bond acceptors (Lipinski definition) is 2. The van der Waals surface area contributed by atoms with Crippen molar-refractivity contribution in [1.82, 2.24) is 4.90 Å². The van der Waals surface area contributed by atoms with Gasteiger partial charge < -0.3 is 10.2 Å². The fourth-order valence-electron chi connectivity index (χ4n) is 1.93. The van der Waals surface area contributed by atoms with Crippen molar-refractivity contribution in [3.8, 4) is 0 Å². The Labute approximate surface area is 97.2 Å². The number of aliphatic imine (C=N–C) groups is 1. The number of rotatable bonds is 2. The summed E-state index contributed by atoms with van der Waals surface area (Å²) in [5, 5.41) is 3.43. The molecule has 0 saturated heterocycles. The fraction of sp³-hybridized carbons (Fsp3) is 0.462. The molecule has 3 heteroatoms. The number of nitrogens with one attached hydrogen (secondary N) is 1. The van der Waals surface area contributed by atoms with Gasteiger partial charge in [-0.1, -0.05) is 0 Å². The second kappa shape index (κ2) is 4.56. The molecule has 0 spiro atoms. The van der Waals surface area contributed by atoms with Crippen molar-refractivity contribution in [3.05, 3.63) is 23.3 Å². The highest BCUT2D eigenvalue weighted by molar-refractivity contribution is 5.68. The smallest absolute Gasteiger partial charge is 0.0907 e. The second-order valence-corrected chi connectivity index (χ2v) is 4.53. The highest BCUT2D eigenvalue weighted by Gasteiger charge is 2.10. The van der Waals surface area contributed by atoms with Gasteiger partial charge >= 0.3 is 0 Å². The molecule has 0 radical (unpaired) electrons. The van der Waals surface area contributed by atoms with Gasteiger partial charge in [0.05, 0.1) is 12.0 Å². The third-order valence-electron chi connectivity index (χ3n) is 2.79. The van der Waals surface area contributed by atoms with Crippen LogP contribution in [-0.2, 0) is 6.42 Å². The van der Waals surface area contributed by atoms with Crippen LogP contribution in [0, 0.1) is 6.92 Å². The fourth-order valence-corrected chi connectivity index (χ4v) is 1.93. The van der Waals surface area contributed by atoms with Crippen molar-refractivity contribution < 1.29 is 0 Å². The van der Waals surface area contributed by atoms with Crippen LogP contribution >= 0.6 is 0 Å². The minimum absolute atomic E-state index is 1.08. The van der Waals surface area contributed by atoms with Gasteiger partial charge in [0.25, 0.3) is 0 Å². The molecule has 0 fully saturated rings. The van der Waals surface area contributed by atoms with Gasteiger partial charge in [-0.3, -0.25) is 0 Å². The van der Waals surface area contributed by atoms with Crippen LogP contribution in [0.4, 0.5) is 11.4 Å². The van der Waals surface area contributed by atoms with Gasteiger partial charge in [0, 0.05) is 26.3 Å². The molecule has 0 amide bonds. The van der Waals surface area contributed by atoms with Crippen molar-refractivity contribution in [2.24, 2.45) is 4.99 Å². The maximum Gasteiger partial charge on any atom is 0.0907 e. The summed E-state index contributed by atoms with van der Waals surface area (Å²) < 4.78 is 0. The van der Waals surface area contributed by atoms with Gasteiger partial charge in [0.15, 0.2) is 0 Å². The van der Waals surface area contributed by atoms with E-state index < -0.39 is 0 Å². The van der Waals surface area contributed by atoms with Gasteiger partial charge in [-0.15, -0.1) is 0 Å². The van der Waals surface area contributed by atoms with Gasteiger partial charge in [-0.2, -0.15) is 0 Å². The molecule has 1 N–H and O–H groups in total. The lowest BCUT2D eigenvalue weighted by Crippen LogP contribution is -2.11. The summed E-state index contributed by atoms with van der Waals surface area (Å²) in [6, 6.07) is 4.41. The molecule has 1 aliphatic heterocycles. The SMILES string of the molecule is Cc1cc2c(cc1N=CN(C)C)CCCN2. The number of fused-ring (bicyclic) bond motifs is 1. The Morgan fingerprint density at radius 3 is 2.94 bits per heavy atom. The Kier molecular flexibility index (Phi) is 3.13. The number of hydrogen-bond donors (Lipinski definition) is 1. The van der Waals surface area contributed by atoms with Crippen LogP contribution in [0.3, 0.4) is 0 Å². The number of benzene rings is 1. The van der Waals surface area contributed by atoms with Crippen molar-refractivity contribution in [2.75, 3.05) is 26.0 Å². The molecule has 16 heavy (non-hydrogen) atoms. The molecule has 86 valence electrons. The van der Waals surface area contributed by atoms with E-state index in [1.165, 1.54) is 23.2 Å². The van der Waals surface area contributed by atoms with Crippen molar-refractivity contribution in [2.45, 2.75) is 19.8 Å². The van der Waals surface area contributed by atoms with E-state index in [0.29, 0.717) is 0 Å². The van der Waals surface area contributed by atoms with Crippen LogP contribution < -0.4 is 5.32 Å². The Balaban J connectivity index is 2.32. The predicted octanol–water partition coefficient (Wildman–Crippen LogP) is 2.57. The Hall–Kier alpha value is -1.51. The molecular weight excluding hydrogens is 198 g/mol. The van der Waals surface area contributed by atoms with Crippen LogP contribution in [0.15, 0.2) is 17.1 Å². The van der Waals surface area contributed by atoms with E-state index >= 15 is 0 Å². The van der Waals surface area contributed by atoms with Crippen LogP contribution in [0.1, 0.15) is 17.5 Å². The third kappa shape index (κ3) is 2.35. The molecule has 1 aromatic rings. The predicted molar refractivity (Wildman–Crippen MR) is 69.8 cm³/mol. The molecule has 0 aromatic heterocycles. The minimum atomic E-state index is 1.08. The number of anilines is 1. The highest BCUT2D eigenvalue weighted by atomic mass is 15.1. The van der Waals surface area contributed by atoms with E-state index in [4.69, 9.17) is 0 Å². The first-order valence-corrected chi connectivity index (χ1v) is 5.75. The molecule has 2 rings (SSSR count). The number of aryl methyl sites for hydroxylation is 2. The average Bonchev–Trinajstić information content (AvgIpc) is 2.26. The summed E-state index contributed by atoms with van der Waals surface area (Å²) in [5.74, 6) is 0. The van der Waals surface area contributed by atoms with E-state index in [2.05, 4.69) is 29.4 Å². The maximum absolute atomic E-state index is 4.49. The zero-order valence-corrected chi connectivity index (χ0v) is 10.2. The molecule has 1 aliphatic rings. The zero-order valence-electron chi connectivity index (χ0n) is 10.2. The zero-order chi connectivity index (χ0) is 11.5. The van der Waals surface area contributed by atoms with E-state index in [0.717, 1.165) is 18.7 Å². The Morgan fingerprint density at radius 2 is 2.19 bits per heavy atom. The van der Waals surface area contributed by atoms with Gasteiger partial charge in [-0.05, 0) is 43.0 Å². The first-order valence-electron chi connectivity index (χ1n) is 5.75. The lowest BCUT2D eigenvalue weighted by Gasteiger charge is -2.19. The van der Waals surface area contributed by atoms with E-state index in [1.54, 1.807) is 0 Å². The summed E-state index contributed by atoms with van der Waals surface area (Å²) in [6.45, 7) is 3.20. The van der Waals surface area contributed by atoms with Crippen molar-refractivity contribution in [1.29, 1.82) is 0 Å². The minimum Gasteiger partial charge on any atom is -0.385 e. The van der Waals surface area contributed by atoms with Crippen LogP contribution in [-0.4, -0.2) is 31.9 Å². The Morgan fingerprint density at radius 1 is 1.38 bits per heavy atom. The van der Waals surface area contributed by atoms with Gasteiger partial charge in [0.1, 0.15) is 0 Å². The monoisotopic (exact) mass is 217 g/mol. The standard InChI is InChI=1S/C13H19N3/c1-10-7-13-11(5-4-6-14-13)8-12(10)15-9-16(2)3/h7-9,14H,4-6H2,1-3H3.